The van der Waals surface area contributed by atoms with Gasteiger partial charge in [-0.05, 0) is 0 Å². The average Bonchev–Trinajstić information content (AvgIpc) is 2.01. The normalized spacial score (nSPS) is 13.6. The van der Waals surface area contributed by atoms with Gasteiger partial charge in [-0.15, -0.1) is 0 Å². The minimum absolute atomic E-state index is 0.0367. The number of ketones is 1. The fourth-order valence-corrected chi connectivity index (χ4v) is 0.741. The lowest BCUT2D eigenvalue weighted by molar-refractivity contribution is -0.144. The molecule has 0 aliphatic heterocycles. The lowest BCUT2D eigenvalue weighted by Crippen LogP contribution is -2.36. The molecule has 0 fully saturated rings. The number of hydrogen-bond acceptors (Lipinski definition) is 4. The first-order chi connectivity index (χ1) is 5.79. The summed E-state index contributed by atoms with van der Waals surface area (Å²) in [5.41, 5.74) is 4.98. The van der Waals surface area contributed by atoms with Crippen LogP contribution in [0.2, 0.25) is 0 Å². The second kappa shape index (κ2) is 4.37. The van der Waals surface area contributed by atoms with Crippen molar-refractivity contribution in [2.75, 3.05) is 7.11 Å². The molecule has 13 heavy (non-hydrogen) atoms. The number of rotatable bonds is 3. The molecule has 0 rings (SSSR count). The van der Waals surface area contributed by atoms with Crippen molar-refractivity contribution in [3.05, 3.63) is 0 Å². The molecule has 2 N–H and O–H groups in total. The van der Waals surface area contributed by atoms with Crippen LogP contribution in [0, 0.1) is 5.41 Å². The van der Waals surface area contributed by atoms with Crippen molar-refractivity contribution in [3.8, 4) is 0 Å². The number of Topliss-reactive ketones (excluding diaryl/α,β-unsaturated/α-hetero) is 1. The van der Waals surface area contributed by atoms with E-state index in [2.05, 4.69) is 4.74 Å². The lowest BCUT2D eigenvalue weighted by Gasteiger charge is -2.18. The average molecular weight is 187 g/mol. The Kier molecular flexibility index (Phi) is 4.07. The van der Waals surface area contributed by atoms with Crippen LogP contribution in [0.15, 0.2) is 0 Å². The van der Waals surface area contributed by atoms with Gasteiger partial charge in [0.2, 0.25) is 0 Å². The van der Waals surface area contributed by atoms with Crippen LogP contribution in [0.5, 0.6) is 0 Å². The third kappa shape index (κ3) is 4.03. The second-order valence-corrected chi connectivity index (χ2v) is 4.01. The van der Waals surface area contributed by atoms with E-state index >= 15 is 0 Å². The van der Waals surface area contributed by atoms with Gasteiger partial charge in [0, 0.05) is 11.8 Å². The Labute approximate surface area is 78.4 Å². The molecule has 4 nitrogen and oxygen atoms in total. The van der Waals surface area contributed by atoms with Crippen LogP contribution in [0.1, 0.15) is 27.2 Å². The molecular weight excluding hydrogens is 170 g/mol. The monoisotopic (exact) mass is 187 g/mol. The van der Waals surface area contributed by atoms with E-state index in [1.54, 1.807) is 20.8 Å². The van der Waals surface area contributed by atoms with Crippen molar-refractivity contribution in [1.82, 2.24) is 0 Å². The summed E-state index contributed by atoms with van der Waals surface area (Å²) in [6, 6.07) is -0.836. The molecule has 0 aliphatic carbocycles. The molecule has 0 spiro atoms. The van der Waals surface area contributed by atoms with E-state index in [0.29, 0.717) is 0 Å². The Morgan fingerprint density at radius 2 is 1.85 bits per heavy atom. The second-order valence-electron chi connectivity index (χ2n) is 4.01. The summed E-state index contributed by atoms with van der Waals surface area (Å²) in [6.45, 7) is 5.37. The number of carbonyl (C=O) groups excluding carboxylic acids is 2. The third-order valence-electron chi connectivity index (χ3n) is 1.75. The van der Waals surface area contributed by atoms with E-state index in [0.717, 1.165) is 0 Å². The zero-order valence-electron chi connectivity index (χ0n) is 8.59. The molecule has 0 aromatic rings. The first-order valence-corrected chi connectivity index (χ1v) is 4.15. The van der Waals surface area contributed by atoms with Crippen molar-refractivity contribution >= 4 is 11.8 Å². The maximum atomic E-state index is 11.4. The smallest absolute Gasteiger partial charge is 0.323 e. The van der Waals surface area contributed by atoms with Crippen molar-refractivity contribution in [2.45, 2.75) is 33.2 Å². The van der Waals surface area contributed by atoms with Gasteiger partial charge in [0.05, 0.1) is 7.11 Å². The molecule has 0 saturated heterocycles. The van der Waals surface area contributed by atoms with Gasteiger partial charge in [-0.1, -0.05) is 20.8 Å². The zero-order valence-corrected chi connectivity index (χ0v) is 8.59. The zero-order chi connectivity index (χ0) is 10.6. The number of methoxy groups -OCH3 is 1. The van der Waals surface area contributed by atoms with Gasteiger partial charge in [-0.3, -0.25) is 9.59 Å². The van der Waals surface area contributed by atoms with E-state index < -0.39 is 17.4 Å². The highest BCUT2D eigenvalue weighted by Gasteiger charge is 2.26. The maximum absolute atomic E-state index is 11.4. The van der Waals surface area contributed by atoms with E-state index in [9.17, 15) is 9.59 Å². The molecule has 0 bridgehead atoms. The number of carbonyl (C=O) groups is 2. The molecule has 1 atom stereocenters. The first kappa shape index (κ1) is 12.1. The molecule has 0 saturated carbocycles. The number of esters is 1. The Morgan fingerprint density at radius 1 is 1.38 bits per heavy atom. The molecule has 0 aromatic heterocycles. The van der Waals surface area contributed by atoms with E-state index in [4.69, 9.17) is 5.73 Å². The van der Waals surface area contributed by atoms with E-state index in [1.807, 2.05) is 0 Å². The summed E-state index contributed by atoms with van der Waals surface area (Å²) in [4.78, 5) is 22.3. The molecule has 4 heteroatoms. The Morgan fingerprint density at radius 3 is 2.15 bits per heavy atom. The summed E-state index contributed by atoms with van der Waals surface area (Å²) < 4.78 is 4.41. The van der Waals surface area contributed by atoms with Crippen LogP contribution >= 0.6 is 0 Å². The van der Waals surface area contributed by atoms with Crippen molar-refractivity contribution in [1.29, 1.82) is 0 Å². The quantitative estimate of drug-likeness (QED) is 0.653. The van der Waals surface area contributed by atoms with Crippen LogP contribution in [0.25, 0.3) is 0 Å². The summed E-state index contributed by atoms with van der Waals surface area (Å²) >= 11 is 0. The van der Waals surface area contributed by atoms with Crippen molar-refractivity contribution in [3.63, 3.8) is 0 Å². The van der Waals surface area contributed by atoms with E-state index in [-0.39, 0.29) is 12.2 Å². The van der Waals surface area contributed by atoms with Gasteiger partial charge in [-0.25, -0.2) is 0 Å². The van der Waals surface area contributed by atoms with Crippen LogP contribution < -0.4 is 5.73 Å². The molecular formula is C9H17NO3. The third-order valence-corrected chi connectivity index (χ3v) is 1.75. The Hall–Kier alpha value is -0.900. The summed E-state index contributed by atoms with van der Waals surface area (Å²) in [5.74, 6) is -0.581. The SMILES string of the molecule is COC(=O)C(N)CC(=O)C(C)(C)C. The Balaban J connectivity index is 4.15. The van der Waals surface area contributed by atoms with Gasteiger partial charge < -0.3 is 10.5 Å². The molecule has 0 amide bonds. The fraction of sp³-hybridized carbons (Fsp3) is 0.778. The highest BCUT2D eigenvalue weighted by molar-refractivity contribution is 5.89. The number of nitrogens with two attached hydrogens (primary N) is 1. The predicted octanol–water partition coefficient (Wildman–Crippen LogP) is 0.492. The topological polar surface area (TPSA) is 69.4 Å². The van der Waals surface area contributed by atoms with Gasteiger partial charge in [0.1, 0.15) is 11.8 Å². The van der Waals surface area contributed by atoms with Crippen LogP contribution in [-0.4, -0.2) is 24.9 Å². The standard InChI is InChI=1S/C9H17NO3/c1-9(2,3)7(11)5-6(10)8(12)13-4/h6H,5,10H2,1-4H3. The largest absolute Gasteiger partial charge is 0.468 e. The summed E-state index contributed by atoms with van der Waals surface area (Å²) in [5, 5.41) is 0. The van der Waals surface area contributed by atoms with Gasteiger partial charge in [0.15, 0.2) is 0 Å². The van der Waals surface area contributed by atoms with Crippen LogP contribution in [0.4, 0.5) is 0 Å². The molecule has 0 radical (unpaired) electrons. The van der Waals surface area contributed by atoms with Gasteiger partial charge in [-0.2, -0.15) is 0 Å². The van der Waals surface area contributed by atoms with Crippen LogP contribution in [0.3, 0.4) is 0 Å². The number of ether oxygens (including phenoxy) is 1. The molecule has 0 aromatic carbocycles. The minimum Gasteiger partial charge on any atom is -0.468 e. The molecule has 0 heterocycles. The lowest BCUT2D eigenvalue weighted by atomic mass is 9.87. The predicted molar refractivity (Wildman–Crippen MR) is 49.1 cm³/mol. The number of hydrogen-bond donors (Lipinski definition) is 1. The minimum atomic E-state index is -0.836. The highest BCUT2D eigenvalue weighted by atomic mass is 16.5. The van der Waals surface area contributed by atoms with E-state index in [1.165, 1.54) is 7.11 Å². The highest BCUT2D eigenvalue weighted by Crippen LogP contribution is 2.17. The summed E-state index contributed by atoms with van der Waals surface area (Å²) in [6.07, 6.45) is 0.0379. The summed E-state index contributed by atoms with van der Waals surface area (Å²) in [7, 11) is 1.25. The fourth-order valence-electron chi connectivity index (χ4n) is 0.741. The molecule has 0 aliphatic rings. The molecule has 1 unspecified atom stereocenters. The molecule has 76 valence electrons. The first-order valence-electron chi connectivity index (χ1n) is 4.15. The maximum Gasteiger partial charge on any atom is 0.323 e. The van der Waals surface area contributed by atoms with Crippen molar-refractivity contribution in [2.24, 2.45) is 11.1 Å². The van der Waals surface area contributed by atoms with Gasteiger partial charge >= 0.3 is 5.97 Å². The van der Waals surface area contributed by atoms with Gasteiger partial charge in [0.25, 0.3) is 0 Å². The Bertz CT molecular complexity index is 205. The van der Waals surface area contributed by atoms with Crippen LogP contribution in [-0.2, 0) is 14.3 Å². The van der Waals surface area contributed by atoms with Crippen molar-refractivity contribution < 1.29 is 14.3 Å².